The first-order valence-corrected chi connectivity index (χ1v) is 10.1. The molecule has 0 heterocycles. The minimum absolute atomic E-state index is 0.234. The summed E-state index contributed by atoms with van der Waals surface area (Å²) < 4.78 is 0. The summed E-state index contributed by atoms with van der Waals surface area (Å²) in [5.74, 6) is 0.685. The van der Waals surface area contributed by atoms with E-state index in [0.717, 1.165) is 6.42 Å². The second-order valence-electron chi connectivity index (χ2n) is 7.80. The molecule has 1 aliphatic rings. The van der Waals surface area contributed by atoms with E-state index in [1.54, 1.807) is 6.26 Å². The van der Waals surface area contributed by atoms with Crippen molar-refractivity contribution in [3.63, 3.8) is 0 Å². The van der Waals surface area contributed by atoms with Crippen molar-refractivity contribution >= 4 is 12.6 Å². The zero-order valence-electron chi connectivity index (χ0n) is 17.2. The summed E-state index contributed by atoms with van der Waals surface area (Å²) in [5.41, 5.74) is 2.14. The number of allylic oxidation sites excluding steroid dienone is 6. The molecule has 0 aromatic rings. The third-order valence-corrected chi connectivity index (χ3v) is 4.01. The van der Waals surface area contributed by atoms with Gasteiger partial charge in [-0.25, -0.2) is 0 Å². The maximum absolute atomic E-state index is 3.53. The molecule has 0 bridgehead atoms. The van der Waals surface area contributed by atoms with Crippen LogP contribution >= 0.6 is 12.6 Å². The molecule has 0 saturated heterocycles. The predicted molar refractivity (Wildman–Crippen MR) is 113 cm³/mol. The van der Waals surface area contributed by atoms with Gasteiger partial charge in [0.15, 0.2) is 0 Å². The van der Waals surface area contributed by atoms with E-state index < -0.39 is 0 Å². The summed E-state index contributed by atoms with van der Waals surface area (Å²) in [6.07, 6.45) is 18.2. The van der Waals surface area contributed by atoms with Crippen molar-refractivity contribution in [2.75, 3.05) is 6.26 Å². The Labute approximate surface area is 152 Å². The van der Waals surface area contributed by atoms with Crippen molar-refractivity contribution in [2.24, 2.45) is 16.7 Å². The molecule has 23 heavy (non-hydrogen) atoms. The zero-order chi connectivity index (χ0) is 18.5. The molecule has 0 aromatic carbocycles. The van der Waals surface area contributed by atoms with Gasteiger partial charge in [0.2, 0.25) is 0 Å². The molecule has 2 atom stereocenters. The van der Waals surface area contributed by atoms with Crippen LogP contribution in [0.4, 0.5) is 0 Å². The number of hydrogen-bond donors (Lipinski definition) is 1. The van der Waals surface area contributed by atoms with Crippen LogP contribution in [0.1, 0.15) is 81.1 Å². The molecule has 0 nitrogen and oxygen atoms in total. The van der Waals surface area contributed by atoms with Crippen LogP contribution in [0.3, 0.4) is 0 Å². The molecule has 2 unspecified atom stereocenters. The third kappa shape index (κ3) is 11.7. The van der Waals surface area contributed by atoms with Crippen molar-refractivity contribution < 1.29 is 0 Å². The van der Waals surface area contributed by atoms with Crippen LogP contribution in [0.5, 0.6) is 0 Å². The van der Waals surface area contributed by atoms with Gasteiger partial charge in [0.25, 0.3) is 0 Å². The largest absolute Gasteiger partial charge is 0.183 e. The van der Waals surface area contributed by atoms with E-state index >= 15 is 0 Å². The molecule has 0 spiro atoms. The smallest absolute Gasteiger partial charge is 0.00364 e. The maximum Gasteiger partial charge on any atom is 0.00364 e. The molecule has 1 aliphatic carbocycles. The van der Waals surface area contributed by atoms with Crippen LogP contribution in [0, 0.1) is 16.7 Å². The summed E-state index contributed by atoms with van der Waals surface area (Å²) >= 11 is 3.53. The third-order valence-electron chi connectivity index (χ3n) is 4.01. The number of rotatable bonds is 4. The second-order valence-corrected chi connectivity index (χ2v) is 7.80. The molecular weight excluding hydrogens is 296 g/mol. The van der Waals surface area contributed by atoms with Crippen molar-refractivity contribution in [3.05, 3.63) is 36.0 Å². The highest BCUT2D eigenvalue weighted by molar-refractivity contribution is 7.79. The highest BCUT2D eigenvalue weighted by atomic mass is 32.1. The predicted octanol–water partition coefficient (Wildman–Crippen LogP) is 7.88. The first-order valence-electron chi connectivity index (χ1n) is 9.24. The maximum atomic E-state index is 3.53. The van der Waals surface area contributed by atoms with Gasteiger partial charge >= 0.3 is 0 Å². The van der Waals surface area contributed by atoms with E-state index in [-0.39, 0.29) is 5.41 Å². The lowest BCUT2D eigenvalue weighted by atomic mass is 9.79. The average molecular weight is 339 g/mol. The fourth-order valence-electron chi connectivity index (χ4n) is 2.52. The van der Waals surface area contributed by atoms with Gasteiger partial charge in [-0.1, -0.05) is 92.2 Å². The fraction of sp³-hybridized carbons (Fsp3) is 0.727. The molecule has 0 fully saturated rings. The average Bonchev–Trinajstić information content (AvgIpc) is 2.69. The van der Waals surface area contributed by atoms with Crippen molar-refractivity contribution in [2.45, 2.75) is 81.1 Å². The summed E-state index contributed by atoms with van der Waals surface area (Å²) in [4.78, 5) is 0. The van der Waals surface area contributed by atoms with E-state index in [1.165, 1.54) is 24.8 Å². The quantitative estimate of drug-likeness (QED) is 0.495. The second kappa shape index (κ2) is 12.9. The Balaban J connectivity index is 0. The highest BCUT2D eigenvalue weighted by Gasteiger charge is 2.21. The first kappa shape index (κ1) is 24.8. The monoisotopic (exact) mass is 338 g/mol. The van der Waals surface area contributed by atoms with Gasteiger partial charge < -0.3 is 0 Å². The fourth-order valence-corrected chi connectivity index (χ4v) is 2.52. The van der Waals surface area contributed by atoms with Gasteiger partial charge in [-0.2, -0.15) is 12.6 Å². The minimum atomic E-state index is 0.234. The lowest BCUT2D eigenvalue weighted by Crippen LogP contribution is -2.14. The Bertz CT molecular complexity index is 368. The summed E-state index contributed by atoms with van der Waals surface area (Å²) in [5, 5.41) is 0. The first-order chi connectivity index (χ1) is 10.7. The van der Waals surface area contributed by atoms with Crippen molar-refractivity contribution in [3.8, 4) is 0 Å². The molecule has 0 N–H and O–H groups in total. The van der Waals surface area contributed by atoms with Crippen LogP contribution in [-0.2, 0) is 0 Å². The molecule has 0 aromatic heterocycles. The molecule has 0 saturated carbocycles. The van der Waals surface area contributed by atoms with Gasteiger partial charge in [0.05, 0.1) is 0 Å². The Kier molecular flexibility index (Phi) is 13.9. The normalized spacial score (nSPS) is 21.2. The van der Waals surface area contributed by atoms with Gasteiger partial charge in [-0.3, -0.25) is 0 Å². The van der Waals surface area contributed by atoms with Gasteiger partial charge in [0.1, 0.15) is 0 Å². The molecule has 0 aliphatic heterocycles. The Morgan fingerprint density at radius 2 is 1.57 bits per heavy atom. The van der Waals surface area contributed by atoms with E-state index in [4.69, 9.17) is 0 Å². The standard InChI is InChI=1S/C18H30.C3H8.CH4S/c1-7-15(14-17(3,4)5)16-10-9-12-18(6,8-2)13-11-16;1-3-2;1-2/h9-13,15H,7-8,14H2,1-6H3;3H2,1-2H3;2H,1H3. The van der Waals surface area contributed by atoms with Gasteiger partial charge in [-0.05, 0) is 42.4 Å². The lowest BCUT2D eigenvalue weighted by molar-refractivity contribution is 0.315. The van der Waals surface area contributed by atoms with E-state index in [2.05, 4.69) is 98.4 Å². The molecule has 0 radical (unpaired) electrons. The van der Waals surface area contributed by atoms with Crippen LogP contribution in [0.25, 0.3) is 0 Å². The molecule has 1 rings (SSSR count). The van der Waals surface area contributed by atoms with E-state index in [1.807, 2.05) is 0 Å². The summed E-state index contributed by atoms with van der Waals surface area (Å²) in [6, 6.07) is 0. The Morgan fingerprint density at radius 3 is 1.96 bits per heavy atom. The van der Waals surface area contributed by atoms with Crippen molar-refractivity contribution in [1.82, 2.24) is 0 Å². The Morgan fingerprint density at radius 1 is 1.04 bits per heavy atom. The zero-order valence-corrected chi connectivity index (χ0v) is 18.1. The van der Waals surface area contributed by atoms with Crippen LogP contribution in [0.2, 0.25) is 0 Å². The van der Waals surface area contributed by atoms with Gasteiger partial charge in [0, 0.05) is 5.41 Å². The Hall–Kier alpha value is -0.430. The van der Waals surface area contributed by atoms with Crippen LogP contribution < -0.4 is 0 Å². The number of hydrogen-bond acceptors (Lipinski definition) is 1. The number of thiol groups is 1. The van der Waals surface area contributed by atoms with Crippen molar-refractivity contribution in [1.29, 1.82) is 0 Å². The highest BCUT2D eigenvalue weighted by Crippen LogP contribution is 2.34. The molecular formula is C22H42S. The van der Waals surface area contributed by atoms with Crippen LogP contribution in [0.15, 0.2) is 36.0 Å². The SMILES string of the molecule is CCC.CCC(CC(C)(C)C)C1=CC=CC(C)(CC)C=C1.CS. The summed E-state index contributed by atoms with van der Waals surface area (Å²) in [6.45, 7) is 18.1. The lowest BCUT2D eigenvalue weighted by Gasteiger charge is -2.26. The van der Waals surface area contributed by atoms with E-state index in [9.17, 15) is 0 Å². The van der Waals surface area contributed by atoms with E-state index in [0.29, 0.717) is 11.3 Å². The molecule has 0 amide bonds. The summed E-state index contributed by atoms with van der Waals surface area (Å²) in [7, 11) is 0. The molecule has 136 valence electrons. The minimum Gasteiger partial charge on any atom is -0.183 e. The van der Waals surface area contributed by atoms with Gasteiger partial charge in [-0.15, -0.1) is 0 Å². The molecule has 1 heteroatoms. The van der Waals surface area contributed by atoms with Crippen LogP contribution in [-0.4, -0.2) is 6.26 Å². The topological polar surface area (TPSA) is 0 Å².